The minimum Gasteiger partial charge on any atom is -0.497 e. The number of carbonyl (C=O) groups is 5. The van der Waals surface area contributed by atoms with Crippen molar-refractivity contribution in [3.8, 4) is 51.7 Å². The van der Waals surface area contributed by atoms with Crippen molar-refractivity contribution in [3.63, 3.8) is 0 Å². The van der Waals surface area contributed by atoms with Crippen LogP contribution < -0.4 is 47.9 Å². The first-order valence-corrected chi connectivity index (χ1v) is 31.9. The van der Waals surface area contributed by atoms with E-state index in [0.717, 1.165) is 125 Å². The Labute approximate surface area is 601 Å². The van der Waals surface area contributed by atoms with Crippen molar-refractivity contribution >= 4 is 111 Å². The van der Waals surface area contributed by atoms with Gasteiger partial charge in [-0.15, -0.1) is 0 Å². The molecule has 8 rings (SSSR count). The lowest BCUT2D eigenvalue weighted by Crippen LogP contribution is -2.22. The average molecular weight is 1470 g/mol. The first-order valence-electron chi connectivity index (χ1n) is 29.3. The smallest absolute Gasteiger partial charge is 0.219 e. The van der Waals surface area contributed by atoms with Crippen LogP contribution >= 0.6 is 81.2 Å². The molecular weight excluding hydrogens is 1390 g/mol. The molecule has 97 heavy (non-hydrogen) atoms. The molecule has 3 N–H and O–H groups in total. The number of para-hydroxylation sites is 3. The molecule has 0 heterocycles. The Morgan fingerprint density at radius 1 is 0.402 bits per heavy atom. The number of nitrogens with one attached hydrogen (secondary N) is 1. The molecule has 2 aliphatic carbocycles. The van der Waals surface area contributed by atoms with E-state index in [-0.39, 0.29) is 26.1 Å². The van der Waals surface area contributed by atoms with Gasteiger partial charge < -0.3 is 68.0 Å². The van der Waals surface area contributed by atoms with Crippen molar-refractivity contribution in [2.75, 3.05) is 83.6 Å². The third-order valence-electron chi connectivity index (χ3n) is 14.2. The van der Waals surface area contributed by atoms with Crippen LogP contribution in [0.4, 0.5) is 0 Å². The molecule has 0 saturated carbocycles. The number of carbonyl (C=O) groups excluding carboxylic acids is 5. The minimum absolute atomic E-state index is 0. The number of aldehydes is 1. The zero-order valence-electron chi connectivity index (χ0n) is 55.3. The van der Waals surface area contributed by atoms with Crippen LogP contribution in [0.1, 0.15) is 40.3 Å². The van der Waals surface area contributed by atoms with Crippen LogP contribution in [0.5, 0.6) is 51.7 Å². The number of nitrogens with zero attached hydrogens (tertiary/aromatic N) is 2. The van der Waals surface area contributed by atoms with Gasteiger partial charge in [0.25, 0.3) is 0 Å². The lowest BCUT2D eigenvalue weighted by atomic mass is 10.0. The minimum atomic E-state index is -0.729. The molecule has 6 aromatic rings. The number of rotatable bonds is 27. The highest BCUT2D eigenvalue weighted by atomic mass is 35.5. The highest BCUT2D eigenvalue weighted by Crippen LogP contribution is 2.35. The van der Waals surface area contributed by atoms with Crippen molar-refractivity contribution in [2.24, 2.45) is 0 Å². The Balaban J connectivity index is 0.000000349. The molecule has 2 aliphatic rings. The fourth-order valence-corrected chi connectivity index (χ4v) is 10.6. The molecular formula is C72H78Cl7N3O15. The number of ketones is 4. The topological polar surface area (TPSA) is 218 Å². The molecule has 520 valence electrons. The fraction of sp³-hybridized carbons (Fsp3) is 0.264. The van der Waals surface area contributed by atoms with Gasteiger partial charge in [0, 0.05) is 61.2 Å². The first-order chi connectivity index (χ1) is 46.2. The van der Waals surface area contributed by atoms with Gasteiger partial charge in [0.2, 0.25) is 23.1 Å². The van der Waals surface area contributed by atoms with E-state index < -0.39 is 43.3 Å². The number of hydrogen-bond acceptors (Lipinski definition) is 17. The number of halogens is 7. The second-order valence-corrected chi connectivity index (χ2v) is 22.6. The number of hydrogen-bond donors (Lipinski definition) is 1. The van der Waals surface area contributed by atoms with Gasteiger partial charge in [-0.05, 0) is 134 Å². The lowest BCUT2D eigenvalue weighted by Gasteiger charge is -2.23. The number of benzene rings is 6. The second kappa shape index (κ2) is 43.9. The second-order valence-electron chi connectivity index (χ2n) is 20.0. The van der Waals surface area contributed by atoms with Gasteiger partial charge in [0.1, 0.15) is 93.3 Å². The van der Waals surface area contributed by atoms with Crippen LogP contribution in [0.3, 0.4) is 0 Å². The largest absolute Gasteiger partial charge is 0.497 e. The molecule has 0 bridgehead atoms. The zero-order valence-corrected chi connectivity index (χ0v) is 60.6. The predicted molar refractivity (Wildman–Crippen MR) is 385 cm³/mol. The molecule has 0 atom stereocenters. The summed E-state index contributed by atoms with van der Waals surface area (Å²) < 4.78 is 48.5. The summed E-state index contributed by atoms with van der Waals surface area (Å²) in [7, 11) is 14.9. The lowest BCUT2D eigenvalue weighted by molar-refractivity contribution is -0.115. The quantitative estimate of drug-likeness (QED) is 0.0288. The Hall–Kier alpha value is -8.14. The predicted octanol–water partition coefficient (Wildman–Crippen LogP) is 14.4. The molecule has 6 aromatic carbocycles. The van der Waals surface area contributed by atoms with E-state index in [1.807, 2.05) is 126 Å². The number of ether oxygens (including phenoxy) is 9. The van der Waals surface area contributed by atoms with Gasteiger partial charge in [0.15, 0.2) is 0 Å². The Kier molecular flexibility index (Phi) is 37.6. The van der Waals surface area contributed by atoms with Gasteiger partial charge in [0.05, 0.1) is 64.0 Å². The monoisotopic (exact) mass is 1470 g/mol. The maximum atomic E-state index is 12.6. The van der Waals surface area contributed by atoms with Crippen LogP contribution in [0.25, 0.3) is 0 Å². The SMILES string of the molecule is C=CN(CCc1cc(OC)ccc1OC)Cc1ccccc1OC.CC=O.COc1ccc(OC)c(CCN(/C=C/C2=C(Cl)C(=O)C(Cl)=C(Cl)C2=O)Cc2ccccc2OC)c1.COc1ccc(OC)c(CCNCc2ccccc2OC)c1.O.O=C1C(Cl)=C(Cl)C(=O)C(Cl)=C1Cl. The van der Waals surface area contributed by atoms with Crippen LogP contribution in [-0.2, 0) is 62.9 Å². The molecule has 0 fully saturated rings. The van der Waals surface area contributed by atoms with E-state index >= 15 is 0 Å². The van der Waals surface area contributed by atoms with E-state index in [9.17, 15) is 19.2 Å². The first kappa shape index (κ1) is 83.1. The summed E-state index contributed by atoms with van der Waals surface area (Å²) in [5, 5.41) is 0.867. The molecule has 25 heteroatoms. The summed E-state index contributed by atoms with van der Waals surface area (Å²) in [6.07, 6.45) is 8.10. The van der Waals surface area contributed by atoms with Gasteiger partial charge in [-0.25, -0.2) is 0 Å². The summed E-state index contributed by atoms with van der Waals surface area (Å²) in [6.45, 7) is 9.57. The van der Waals surface area contributed by atoms with Crippen molar-refractivity contribution in [1.29, 1.82) is 0 Å². The highest BCUT2D eigenvalue weighted by Gasteiger charge is 2.32. The number of allylic oxidation sites excluding steroid dienone is 9. The fourth-order valence-electron chi connectivity index (χ4n) is 9.16. The molecule has 0 radical (unpaired) electrons. The van der Waals surface area contributed by atoms with Gasteiger partial charge in [-0.2, -0.15) is 0 Å². The van der Waals surface area contributed by atoms with Crippen LogP contribution in [0.2, 0.25) is 0 Å². The number of Topliss-reactive ketones (excluding diaryl/α,β-unsaturated/α-hetero) is 4. The van der Waals surface area contributed by atoms with Crippen LogP contribution in [0, 0.1) is 0 Å². The highest BCUT2D eigenvalue weighted by molar-refractivity contribution is 6.69. The summed E-state index contributed by atoms with van der Waals surface area (Å²) >= 11 is 39.4. The standard InChI is InChI=1S/C26H24Cl3NO5.C20H25NO3.C18H23NO3.C6Cl4O2.C2H4O.H2O/c1-33-18-8-9-21(35-3)16(14-18)10-12-30(15-17-6-4-5-7-20(17)34-2)13-11-19-22(27)26(32)24(29)23(28)25(19)31;1-5-21(15-17-8-6-7-9-19(17)23-3)13-12-16-14-18(22-2)10-11-20(16)24-4;1-20-16-8-9-18(22-3)14(12-16)10-11-19-13-15-6-4-5-7-17(15)21-2;7-1-2(8)6(12)4(10)3(9)5(1)11;1-2-3;/h4-9,11,13-14H,10,12,15H2,1-3H3;5-11,14H,1,12-13,15H2,2-4H3;4-9,12,19H,10-11,13H2,1-3H3;;2H,1H3;1H2/b13-11+;;;;;. The molecule has 18 nitrogen and oxygen atoms in total. The van der Waals surface area contributed by atoms with E-state index in [0.29, 0.717) is 25.3 Å². The van der Waals surface area contributed by atoms with E-state index in [2.05, 4.69) is 28.9 Å². The third-order valence-corrected chi connectivity index (χ3v) is 17.0. The number of methoxy groups -OCH3 is 9. The van der Waals surface area contributed by atoms with E-state index in [4.69, 9.17) is 129 Å². The van der Waals surface area contributed by atoms with E-state index in [1.165, 1.54) is 13.0 Å². The van der Waals surface area contributed by atoms with Crippen molar-refractivity contribution in [2.45, 2.75) is 45.8 Å². The summed E-state index contributed by atoms with van der Waals surface area (Å²) in [5.41, 5.74) is 6.40. The Bertz CT molecular complexity index is 3750. The summed E-state index contributed by atoms with van der Waals surface area (Å²) in [5.74, 6) is 4.67. The molecule has 0 unspecified atom stereocenters. The normalized spacial score (nSPS) is 12.5. The maximum absolute atomic E-state index is 12.6. The van der Waals surface area contributed by atoms with Crippen LogP contribution in [-0.4, -0.2) is 128 Å². The Morgan fingerprint density at radius 2 is 0.711 bits per heavy atom. The van der Waals surface area contributed by atoms with E-state index in [1.54, 1.807) is 70.2 Å². The zero-order chi connectivity index (χ0) is 70.9. The third kappa shape index (κ3) is 24.7. The molecule has 0 aliphatic heterocycles. The van der Waals surface area contributed by atoms with Crippen molar-refractivity contribution in [3.05, 3.63) is 227 Å². The van der Waals surface area contributed by atoms with Gasteiger partial charge >= 0.3 is 0 Å². The van der Waals surface area contributed by atoms with Crippen LogP contribution in [0.15, 0.2) is 193 Å². The molecule has 0 spiro atoms. The Morgan fingerprint density at radius 3 is 1.08 bits per heavy atom. The maximum Gasteiger partial charge on any atom is 0.219 e. The average Bonchev–Trinajstić information content (AvgIpc) is 0.824. The van der Waals surface area contributed by atoms with Gasteiger partial charge in [-0.3, -0.25) is 19.2 Å². The molecule has 0 saturated heterocycles. The van der Waals surface area contributed by atoms with Crippen molar-refractivity contribution in [1.82, 2.24) is 15.1 Å². The molecule has 0 aromatic heterocycles. The molecule has 0 amide bonds. The van der Waals surface area contributed by atoms with Crippen molar-refractivity contribution < 1.29 is 72.1 Å². The summed E-state index contributed by atoms with van der Waals surface area (Å²) in [4.78, 5) is 59.8. The van der Waals surface area contributed by atoms with Gasteiger partial charge in [-0.1, -0.05) is 142 Å². The summed E-state index contributed by atoms with van der Waals surface area (Å²) in [6, 6.07) is 41.0.